The summed E-state index contributed by atoms with van der Waals surface area (Å²) >= 11 is 0. The summed E-state index contributed by atoms with van der Waals surface area (Å²) in [5.41, 5.74) is 0. The second-order valence-corrected chi connectivity index (χ2v) is 32.4. The summed E-state index contributed by atoms with van der Waals surface area (Å²) in [6.45, 7) is 21.1. The van der Waals surface area contributed by atoms with Crippen molar-refractivity contribution in [1.82, 2.24) is 15.5 Å². The number of nitrogens with zero attached hydrogens (tertiary/aromatic N) is 1. The molecule has 1 heterocycles. The molecule has 1 aliphatic heterocycles. The maximum Gasteiger partial charge on any atom is 0.469 e. The largest absolute Gasteiger partial charge is 0.469 e. The van der Waals surface area contributed by atoms with Crippen molar-refractivity contribution in [2.45, 2.75) is 483 Å². The third kappa shape index (κ3) is 63.7. The Morgan fingerprint density at radius 1 is 0.413 bits per heavy atom. The quantitative estimate of drug-likeness (QED) is 0.0143. The van der Waals surface area contributed by atoms with Crippen LogP contribution in [0.5, 0.6) is 0 Å². The number of rotatable bonds is 76. The predicted octanol–water partition coefficient (Wildman–Crippen LogP) is 20.5. The van der Waals surface area contributed by atoms with Crippen LogP contribution >= 0.6 is 7.82 Å². The van der Waals surface area contributed by atoms with Crippen LogP contribution in [-0.4, -0.2) is 155 Å². The van der Waals surface area contributed by atoms with Gasteiger partial charge in [-0.1, -0.05) is 332 Å². The van der Waals surface area contributed by atoms with Crippen LogP contribution in [0.4, 0.5) is 0 Å². The van der Waals surface area contributed by atoms with Crippen LogP contribution in [-0.2, 0) is 66.3 Å². The molecule has 0 aliphatic carbocycles. The van der Waals surface area contributed by atoms with Gasteiger partial charge >= 0.3 is 31.7 Å². The molecular formula is C87H168N3O18P. The second kappa shape index (κ2) is 74.8. The first-order chi connectivity index (χ1) is 52.8. The number of phosphoric ester groups is 1. The van der Waals surface area contributed by atoms with E-state index in [9.17, 15) is 53.3 Å². The molecule has 0 bridgehead atoms. The third-order valence-electron chi connectivity index (χ3n) is 21.0. The normalized spacial score (nSPS) is 16.9. The topological polar surface area (TPSA) is 292 Å². The molecule has 2 amide bonds. The summed E-state index contributed by atoms with van der Waals surface area (Å²) in [6.07, 6.45) is 41.1. The predicted molar refractivity (Wildman–Crippen MR) is 440 cm³/mol. The minimum Gasteiger partial charge on any atom is -0.462 e. The molecule has 0 spiro atoms. The number of ether oxygens (including phenoxy) is 6. The standard InChI is InChI=1S/C81H153N2O18P.C6H15N/c1-7-13-19-25-31-34-40-43-49-55-68(97-74(87)58-52-46-37-28-22-16-10-4)61-72(85)82-67(64-84)65-95-81-78(83-73(86)62-69(56-50-44-41-35-32-26-20-14-8-2)98-75(88)59-53-47-38-29-23-17-11-5)80(79(91)71(100-81)66-96-102(92,93)94)101-77(90)63-70(57-51-45-42-36-33-27-21-15-9-3)99-76(89)60-54-48-39-30-24-18-12-6;1-4-7(5-2)6-3/h67-71,78-81,84,91H,7-66H2,1-6H3,(H,82,85)(H,83,86)(H2,92,93,94);4-6H2,1-3H3/t67-,68-,69-,70-,71-,78+,79-,80-,81+;/m1./s1. The SMILES string of the molecule is CCCCCCCCCCC[C@H](CC(=O)N[C@H](CO)CO[C@H]1O[C@H](COP(=O)(O)O)[C@@H](O)[C@H](OC(=O)C[C@@H](CCCCCCCCCCC)OC(=O)CCCCCCCCC)[C@@H]1NC(=O)C[C@@H](CCCCCCCCCCC)OC(=O)CCCCCCCCC)OC(=O)CCCCCCCCC.CCN(CC)CC. The van der Waals surface area contributed by atoms with Crippen LogP contribution in [0.1, 0.15) is 428 Å². The zero-order valence-electron chi connectivity index (χ0n) is 71.1. The fourth-order valence-corrected chi connectivity index (χ4v) is 14.4. The molecule has 6 N–H and O–H groups in total. The second-order valence-electron chi connectivity index (χ2n) is 31.2. The molecule has 22 heteroatoms. The lowest BCUT2D eigenvalue weighted by atomic mass is 9.96. The van der Waals surface area contributed by atoms with Crippen molar-refractivity contribution in [2.75, 3.05) is 39.5 Å². The lowest BCUT2D eigenvalue weighted by Crippen LogP contribution is -2.66. The molecule has 9 atom stereocenters. The Bertz CT molecular complexity index is 2190. The molecule has 0 radical (unpaired) electrons. The van der Waals surface area contributed by atoms with E-state index in [0.29, 0.717) is 51.4 Å². The Morgan fingerprint density at radius 2 is 0.716 bits per heavy atom. The zero-order chi connectivity index (χ0) is 80.6. The van der Waals surface area contributed by atoms with E-state index in [-0.39, 0.29) is 38.1 Å². The van der Waals surface area contributed by atoms with Gasteiger partial charge < -0.3 is 64.0 Å². The Balaban J connectivity index is 0.0000158. The molecule has 1 rings (SSSR count). The zero-order valence-corrected chi connectivity index (χ0v) is 72.0. The molecule has 0 saturated carbocycles. The van der Waals surface area contributed by atoms with Gasteiger partial charge in [0.25, 0.3) is 0 Å². The van der Waals surface area contributed by atoms with Crippen LogP contribution in [0.25, 0.3) is 0 Å². The van der Waals surface area contributed by atoms with Crippen molar-refractivity contribution in [3.8, 4) is 0 Å². The lowest BCUT2D eigenvalue weighted by Gasteiger charge is -2.44. The lowest BCUT2D eigenvalue weighted by molar-refractivity contribution is -0.274. The van der Waals surface area contributed by atoms with E-state index in [0.717, 1.165) is 199 Å². The summed E-state index contributed by atoms with van der Waals surface area (Å²) in [5.74, 6) is -3.39. The highest BCUT2D eigenvalue weighted by atomic mass is 31.2. The number of unbranched alkanes of at least 4 members (excludes halogenated alkanes) is 42. The minimum absolute atomic E-state index is 0.167. The molecular weight excluding hydrogens is 1410 g/mol. The minimum atomic E-state index is -5.22. The van der Waals surface area contributed by atoms with Gasteiger partial charge in [-0.3, -0.25) is 33.3 Å². The number of amides is 2. The van der Waals surface area contributed by atoms with Gasteiger partial charge in [0.05, 0.1) is 45.1 Å². The van der Waals surface area contributed by atoms with Gasteiger partial charge in [-0.15, -0.1) is 0 Å². The summed E-state index contributed by atoms with van der Waals surface area (Å²) < 4.78 is 54.1. The average molecular weight is 1580 g/mol. The number of carbonyl (C=O) groups excluding carboxylic acids is 6. The Morgan fingerprint density at radius 3 is 1.02 bits per heavy atom. The summed E-state index contributed by atoms with van der Waals surface area (Å²) in [5, 5.41) is 28.8. The van der Waals surface area contributed by atoms with Crippen molar-refractivity contribution < 1.29 is 86.3 Å². The van der Waals surface area contributed by atoms with E-state index < -0.39 is 119 Å². The van der Waals surface area contributed by atoms with Crippen molar-refractivity contribution in [3.05, 3.63) is 0 Å². The first-order valence-corrected chi connectivity index (χ1v) is 46.7. The third-order valence-corrected chi connectivity index (χ3v) is 21.5. The first kappa shape index (κ1) is 106. The molecule has 0 aromatic rings. The number of esters is 4. The highest BCUT2D eigenvalue weighted by Gasteiger charge is 2.50. The first-order valence-electron chi connectivity index (χ1n) is 45.1. The van der Waals surface area contributed by atoms with Gasteiger partial charge in [0.2, 0.25) is 11.8 Å². The van der Waals surface area contributed by atoms with Gasteiger partial charge in [-0.25, -0.2) is 4.57 Å². The molecule has 0 unspecified atom stereocenters. The smallest absolute Gasteiger partial charge is 0.462 e. The van der Waals surface area contributed by atoms with Crippen LogP contribution < -0.4 is 10.6 Å². The number of carbonyl (C=O) groups is 6. The monoisotopic (exact) mass is 1570 g/mol. The van der Waals surface area contributed by atoms with E-state index in [1.165, 1.54) is 96.7 Å². The maximum atomic E-state index is 14.8. The highest BCUT2D eigenvalue weighted by Crippen LogP contribution is 2.38. The fourth-order valence-electron chi connectivity index (χ4n) is 14.1. The molecule has 0 aromatic heterocycles. The Kier molecular flexibility index (Phi) is 72.6. The number of aliphatic hydroxyl groups is 2. The van der Waals surface area contributed by atoms with Crippen LogP contribution in [0, 0.1) is 0 Å². The van der Waals surface area contributed by atoms with Crippen molar-refractivity contribution >= 4 is 43.5 Å². The number of hydrogen-bond donors (Lipinski definition) is 6. The highest BCUT2D eigenvalue weighted by molar-refractivity contribution is 7.46. The summed E-state index contributed by atoms with van der Waals surface area (Å²) in [4.78, 5) is 106. The number of aliphatic hydroxyl groups excluding tert-OH is 2. The number of phosphoric acid groups is 1. The fraction of sp³-hybridized carbons (Fsp3) is 0.931. The number of hydrogen-bond acceptors (Lipinski definition) is 17. The van der Waals surface area contributed by atoms with E-state index in [2.05, 4.69) is 77.8 Å². The average Bonchev–Trinajstić information content (AvgIpc) is 0.790. The molecule has 644 valence electrons. The van der Waals surface area contributed by atoms with Gasteiger partial charge in [-0.2, -0.15) is 0 Å². The van der Waals surface area contributed by atoms with Gasteiger partial charge in [0.15, 0.2) is 12.4 Å². The molecule has 0 aromatic carbocycles. The van der Waals surface area contributed by atoms with Crippen LogP contribution in [0.15, 0.2) is 0 Å². The molecule has 1 fully saturated rings. The van der Waals surface area contributed by atoms with Gasteiger partial charge in [0, 0.05) is 19.3 Å². The summed E-state index contributed by atoms with van der Waals surface area (Å²) in [6, 6.07) is -2.72. The van der Waals surface area contributed by atoms with Gasteiger partial charge in [-0.05, 0) is 77.4 Å². The Hall–Kier alpha value is -3.27. The molecule has 1 aliphatic rings. The molecule has 1 saturated heterocycles. The van der Waals surface area contributed by atoms with Crippen molar-refractivity contribution in [2.24, 2.45) is 0 Å². The number of nitrogens with one attached hydrogen (secondary N) is 2. The molecule has 109 heavy (non-hydrogen) atoms. The van der Waals surface area contributed by atoms with Crippen LogP contribution in [0.2, 0.25) is 0 Å². The van der Waals surface area contributed by atoms with E-state index in [1.807, 2.05) is 0 Å². The van der Waals surface area contributed by atoms with E-state index in [4.69, 9.17) is 32.9 Å². The molecule has 21 nitrogen and oxygen atoms in total. The van der Waals surface area contributed by atoms with Gasteiger partial charge in [0.1, 0.15) is 36.6 Å². The van der Waals surface area contributed by atoms with E-state index in [1.54, 1.807) is 0 Å². The van der Waals surface area contributed by atoms with Crippen LogP contribution in [0.3, 0.4) is 0 Å². The van der Waals surface area contributed by atoms with Crippen molar-refractivity contribution in [3.63, 3.8) is 0 Å². The van der Waals surface area contributed by atoms with Crippen molar-refractivity contribution in [1.29, 1.82) is 0 Å². The Labute approximate surface area is 664 Å². The summed E-state index contributed by atoms with van der Waals surface area (Å²) in [7, 11) is -5.22. The van der Waals surface area contributed by atoms with E-state index >= 15 is 0 Å². The maximum absolute atomic E-state index is 14.8.